The van der Waals surface area contributed by atoms with E-state index >= 15 is 0 Å². The van der Waals surface area contributed by atoms with Crippen LogP contribution in [-0.4, -0.2) is 36.5 Å². The van der Waals surface area contributed by atoms with Gasteiger partial charge >= 0.3 is 0 Å². The van der Waals surface area contributed by atoms with E-state index in [1.54, 1.807) is 20.1 Å². The molecule has 18 heavy (non-hydrogen) atoms. The van der Waals surface area contributed by atoms with Crippen LogP contribution in [0.3, 0.4) is 0 Å². The molecule has 5 heteroatoms. The van der Waals surface area contributed by atoms with Crippen molar-refractivity contribution >= 4 is 11.6 Å². The first-order valence-electron chi connectivity index (χ1n) is 6.00. The van der Waals surface area contributed by atoms with Crippen molar-refractivity contribution in [3.05, 3.63) is 28.5 Å². The molecule has 1 aromatic rings. The molecule has 100 valence electrons. The first kappa shape index (κ1) is 13.7. The largest absolute Gasteiger partial charge is 0.392 e. The lowest BCUT2D eigenvalue weighted by Gasteiger charge is -2.30. The maximum Gasteiger partial charge on any atom is 0.129 e. The zero-order chi connectivity index (χ0) is 13.2. The SMILES string of the molecule is COCc1cc(Cl)nc([C@]2(C(C)O)CCOC2)c1. The molecule has 1 aliphatic heterocycles. The van der Waals surface area contributed by atoms with Crippen LogP contribution in [0.1, 0.15) is 24.6 Å². The van der Waals surface area contributed by atoms with Gasteiger partial charge in [-0.1, -0.05) is 11.6 Å². The van der Waals surface area contributed by atoms with E-state index in [-0.39, 0.29) is 0 Å². The fourth-order valence-electron chi connectivity index (χ4n) is 2.38. The first-order valence-corrected chi connectivity index (χ1v) is 6.38. The second-order valence-electron chi connectivity index (χ2n) is 4.75. The highest BCUT2D eigenvalue weighted by Crippen LogP contribution is 2.36. The number of pyridine rings is 1. The smallest absolute Gasteiger partial charge is 0.129 e. The van der Waals surface area contributed by atoms with Crippen LogP contribution in [0.4, 0.5) is 0 Å². The van der Waals surface area contributed by atoms with Crippen molar-refractivity contribution in [1.29, 1.82) is 0 Å². The standard InChI is InChI=1S/C13H18ClNO3/c1-9(16)13(3-4-18-8-13)11-5-10(7-17-2)6-12(14)15-11/h5-6,9,16H,3-4,7-8H2,1-2H3/t9?,13-/m1/s1. The molecule has 0 radical (unpaired) electrons. The van der Waals surface area contributed by atoms with Crippen molar-refractivity contribution in [1.82, 2.24) is 4.98 Å². The van der Waals surface area contributed by atoms with E-state index < -0.39 is 11.5 Å². The van der Waals surface area contributed by atoms with Crippen LogP contribution >= 0.6 is 11.6 Å². The van der Waals surface area contributed by atoms with E-state index in [1.165, 1.54) is 0 Å². The molecule has 2 rings (SSSR count). The highest BCUT2D eigenvalue weighted by molar-refractivity contribution is 6.29. The first-order chi connectivity index (χ1) is 8.58. The predicted molar refractivity (Wildman–Crippen MR) is 68.8 cm³/mol. The third kappa shape index (κ3) is 2.52. The summed E-state index contributed by atoms with van der Waals surface area (Å²) in [6.45, 7) is 3.36. The van der Waals surface area contributed by atoms with Crippen LogP contribution < -0.4 is 0 Å². The molecule has 2 atom stereocenters. The van der Waals surface area contributed by atoms with Crippen molar-refractivity contribution in [2.24, 2.45) is 0 Å². The number of rotatable bonds is 4. The van der Waals surface area contributed by atoms with Gasteiger partial charge in [-0.2, -0.15) is 0 Å². The minimum Gasteiger partial charge on any atom is -0.392 e. The van der Waals surface area contributed by atoms with Crippen molar-refractivity contribution in [2.75, 3.05) is 20.3 Å². The van der Waals surface area contributed by atoms with Crippen LogP contribution in [0.5, 0.6) is 0 Å². The zero-order valence-corrected chi connectivity index (χ0v) is 11.4. The number of halogens is 1. The number of aliphatic hydroxyl groups is 1. The Hall–Kier alpha value is -0.680. The molecule has 1 saturated heterocycles. The number of aliphatic hydroxyl groups excluding tert-OH is 1. The Morgan fingerprint density at radius 2 is 2.39 bits per heavy atom. The maximum absolute atomic E-state index is 10.1. The van der Waals surface area contributed by atoms with E-state index in [4.69, 9.17) is 21.1 Å². The molecule has 0 saturated carbocycles. The maximum atomic E-state index is 10.1. The summed E-state index contributed by atoms with van der Waals surface area (Å²) in [5.74, 6) is 0. The average Bonchev–Trinajstić information content (AvgIpc) is 2.78. The molecule has 1 aromatic heterocycles. The average molecular weight is 272 g/mol. The van der Waals surface area contributed by atoms with E-state index in [2.05, 4.69) is 4.98 Å². The Kier molecular flexibility index (Phi) is 4.22. The summed E-state index contributed by atoms with van der Waals surface area (Å²) in [7, 11) is 1.64. The lowest BCUT2D eigenvalue weighted by atomic mass is 9.78. The monoisotopic (exact) mass is 271 g/mol. The molecular weight excluding hydrogens is 254 g/mol. The number of hydrogen-bond donors (Lipinski definition) is 1. The fourth-order valence-corrected chi connectivity index (χ4v) is 2.61. The molecule has 4 nitrogen and oxygen atoms in total. The molecule has 1 aliphatic rings. The summed E-state index contributed by atoms with van der Waals surface area (Å²) in [6, 6.07) is 3.72. The van der Waals surface area contributed by atoms with Crippen LogP contribution in [0.2, 0.25) is 5.15 Å². The molecule has 0 amide bonds. The van der Waals surface area contributed by atoms with Gasteiger partial charge in [0.25, 0.3) is 0 Å². The van der Waals surface area contributed by atoms with Crippen molar-refractivity contribution in [3.63, 3.8) is 0 Å². The van der Waals surface area contributed by atoms with Crippen LogP contribution in [0.25, 0.3) is 0 Å². The fraction of sp³-hybridized carbons (Fsp3) is 0.615. The summed E-state index contributed by atoms with van der Waals surface area (Å²) >= 11 is 6.04. The van der Waals surface area contributed by atoms with Gasteiger partial charge in [-0.05, 0) is 31.0 Å². The Morgan fingerprint density at radius 3 is 2.94 bits per heavy atom. The van der Waals surface area contributed by atoms with Gasteiger partial charge in [0.05, 0.1) is 30.4 Å². The second-order valence-corrected chi connectivity index (χ2v) is 5.14. The molecule has 1 fully saturated rings. The highest BCUT2D eigenvalue weighted by Gasteiger charge is 2.42. The van der Waals surface area contributed by atoms with Crippen molar-refractivity contribution < 1.29 is 14.6 Å². The number of methoxy groups -OCH3 is 1. The van der Waals surface area contributed by atoms with E-state index in [1.807, 2.05) is 6.07 Å². The minimum absolute atomic E-state index is 0.423. The molecule has 0 bridgehead atoms. The van der Waals surface area contributed by atoms with Crippen molar-refractivity contribution in [2.45, 2.75) is 31.5 Å². The zero-order valence-electron chi connectivity index (χ0n) is 10.6. The molecule has 0 spiro atoms. The van der Waals surface area contributed by atoms with E-state index in [9.17, 15) is 5.11 Å². The van der Waals surface area contributed by atoms with E-state index in [0.717, 1.165) is 17.7 Å². The summed E-state index contributed by atoms with van der Waals surface area (Å²) < 4.78 is 10.6. The van der Waals surface area contributed by atoms with Gasteiger partial charge in [-0.3, -0.25) is 0 Å². The van der Waals surface area contributed by atoms with Gasteiger partial charge in [0.1, 0.15) is 5.15 Å². The van der Waals surface area contributed by atoms with Gasteiger partial charge in [0, 0.05) is 13.7 Å². The molecule has 2 heterocycles. The predicted octanol–water partition coefficient (Wildman–Crippen LogP) is 1.92. The number of ether oxygens (including phenoxy) is 2. The molecule has 0 aliphatic carbocycles. The van der Waals surface area contributed by atoms with Crippen molar-refractivity contribution in [3.8, 4) is 0 Å². The Morgan fingerprint density at radius 1 is 1.61 bits per heavy atom. The quantitative estimate of drug-likeness (QED) is 0.850. The van der Waals surface area contributed by atoms with E-state index in [0.29, 0.717) is 25.0 Å². The number of hydrogen-bond acceptors (Lipinski definition) is 4. The van der Waals surface area contributed by atoms with Crippen LogP contribution in [0, 0.1) is 0 Å². The van der Waals surface area contributed by atoms with Gasteiger partial charge in [-0.15, -0.1) is 0 Å². The van der Waals surface area contributed by atoms with Gasteiger partial charge < -0.3 is 14.6 Å². The lowest BCUT2D eigenvalue weighted by Crippen LogP contribution is -2.39. The highest BCUT2D eigenvalue weighted by atomic mass is 35.5. The second kappa shape index (κ2) is 5.53. The number of aromatic nitrogens is 1. The lowest BCUT2D eigenvalue weighted by molar-refractivity contribution is 0.0763. The van der Waals surface area contributed by atoms with Crippen LogP contribution in [-0.2, 0) is 21.5 Å². The topological polar surface area (TPSA) is 51.6 Å². The third-order valence-electron chi connectivity index (χ3n) is 3.53. The molecule has 0 aromatic carbocycles. The summed E-state index contributed by atoms with van der Waals surface area (Å²) in [4.78, 5) is 4.36. The Bertz CT molecular complexity index is 417. The Labute approximate surface area is 112 Å². The summed E-state index contributed by atoms with van der Waals surface area (Å²) in [5, 5.41) is 10.5. The summed E-state index contributed by atoms with van der Waals surface area (Å²) in [6.07, 6.45) is 0.228. The van der Waals surface area contributed by atoms with Gasteiger partial charge in [0.2, 0.25) is 0 Å². The molecular formula is C13H18ClNO3. The Balaban J connectivity index is 2.41. The minimum atomic E-state index is -0.527. The third-order valence-corrected chi connectivity index (χ3v) is 3.72. The van der Waals surface area contributed by atoms with Crippen LogP contribution in [0.15, 0.2) is 12.1 Å². The number of nitrogens with zero attached hydrogens (tertiary/aromatic N) is 1. The summed E-state index contributed by atoms with van der Waals surface area (Å²) in [5.41, 5.74) is 1.29. The van der Waals surface area contributed by atoms with Gasteiger partial charge in [0.15, 0.2) is 0 Å². The van der Waals surface area contributed by atoms with Gasteiger partial charge in [-0.25, -0.2) is 4.98 Å². The normalized spacial score (nSPS) is 25.3. The molecule has 1 N–H and O–H groups in total. The molecule has 1 unspecified atom stereocenters.